The Kier molecular flexibility index (Phi) is 5.54. The average molecular weight is 377 g/mol. The molecule has 1 atom stereocenters. The number of hydrogen-bond donors (Lipinski definition) is 1. The summed E-state index contributed by atoms with van der Waals surface area (Å²) in [6, 6.07) is 4.54. The second kappa shape index (κ2) is 7.43. The van der Waals surface area contributed by atoms with Crippen LogP contribution in [0.3, 0.4) is 0 Å². The molecular weight excluding hydrogens is 353 g/mol. The number of nitrogens with two attached hydrogens (primary N) is 1. The number of amides is 1. The number of ether oxygens (including phenoxy) is 1. The maximum absolute atomic E-state index is 14.8. The smallest absolute Gasteiger partial charge is 0.445 e. The highest BCUT2D eigenvalue weighted by Gasteiger charge is 2.52. The lowest BCUT2D eigenvalue weighted by atomic mass is 9.78. The van der Waals surface area contributed by atoms with Crippen LogP contribution in [-0.4, -0.2) is 51.3 Å². The Morgan fingerprint density at radius 1 is 1.33 bits per heavy atom. The molecule has 27 heavy (non-hydrogen) atoms. The summed E-state index contributed by atoms with van der Waals surface area (Å²) < 4.78 is 36.8. The number of hydrogen-bond acceptors (Lipinski definition) is 6. The predicted molar refractivity (Wildman–Crippen MR) is 100 cm³/mol. The molecule has 0 aliphatic carbocycles. The fourth-order valence-corrected chi connectivity index (χ4v) is 2.94. The SMILES string of the molecule is CC1(C)OB(c2ccc(N3C[C@H](C[B]OCN)OC3=O)cc2F)OC1(C)C. The standard InChI is InChI=1S/C17H24B2FN2O5/c1-16(2)17(3,4)27-19(26-16)13-6-5-11(7-14(13)20)22-9-12(25-15(22)23)8-18-24-10-21/h5-7,12H,8-10,21H2,1-4H3/t12-/m0/s1. The normalized spacial score (nSPS) is 23.6. The first-order valence-corrected chi connectivity index (χ1v) is 8.91. The summed E-state index contributed by atoms with van der Waals surface area (Å²) in [6.07, 6.45) is -0.479. The van der Waals surface area contributed by atoms with Crippen molar-refractivity contribution in [1.82, 2.24) is 0 Å². The van der Waals surface area contributed by atoms with Crippen LogP contribution in [0.5, 0.6) is 0 Å². The van der Waals surface area contributed by atoms with Crippen LogP contribution in [0.15, 0.2) is 18.2 Å². The zero-order valence-electron chi connectivity index (χ0n) is 16.0. The van der Waals surface area contributed by atoms with Crippen molar-refractivity contribution in [2.45, 2.75) is 51.3 Å². The Morgan fingerprint density at radius 2 is 2.00 bits per heavy atom. The molecule has 2 saturated heterocycles. The summed E-state index contributed by atoms with van der Waals surface area (Å²) in [4.78, 5) is 13.5. The third kappa shape index (κ3) is 3.99. The van der Waals surface area contributed by atoms with E-state index in [2.05, 4.69) is 0 Å². The second-order valence-corrected chi connectivity index (χ2v) is 7.65. The first kappa shape index (κ1) is 20.1. The molecular formula is C17H24B2FN2O5. The maximum atomic E-state index is 14.8. The van der Waals surface area contributed by atoms with E-state index in [9.17, 15) is 9.18 Å². The summed E-state index contributed by atoms with van der Waals surface area (Å²) in [6.45, 7) is 8.00. The molecule has 2 fully saturated rings. The van der Waals surface area contributed by atoms with Crippen molar-refractivity contribution in [2.24, 2.45) is 5.73 Å². The zero-order valence-corrected chi connectivity index (χ0v) is 16.0. The van der Waals surface area contributed by atoms with E-state index in [1.807, 2.05) is 27.7 Å². The molecule has 145 valence electrons. The van der Waals surface area contributed by atoms with Gasteiger partial charge >= 0.3 is 13.2 Å². The molecule has 1 radical (unpaired) electrons. The van der Waals surface area contributed by atoms with Crippen LogP contribution in [0.1, 0.15) is 27.7 Å². The van der Waals surface area contributed by atoms with Crippen LogP contribution in [-0.2, 0) is 18.7 Å². The molecule has 0 unspecified atom stereocenters. The predicted octanol–water partition coefficient (Wildman–Crippen LogP) is 1.42. The van der Waals surface area contributed by atoms with Crippen LogP contribution >= 0.6 is 0 Å². The van der Waals surface area contributed by atoms with Crippen molar-refractivity contribution in [3.05, 3.63) is 24.0 Å². The monoisotopic (exact) mass is 377 g/mol. The van der Waals surface area contributed by atoms with E-state index in [0.29, 0.717) is 24.0 Å². The van der Waals surface area contributed by atoms with Gasteiger partial charge in [-0.15, -0.1) is 0 Å². The number of halogens is 1. The Balaban J connectivity index is 1.71. The fraction of sp³-hybridized carbons (Fsp3) is 0.588. The highest BCUT2D eigenvalue weighted by Crippen LogP contribution is 2.37. The van der Waals surface area contributed by atoms with Crippen LogP contribution in [0.2, 0.25) is 6.32 Å². The van der Waals surface area contributed by atoms with Gasteiger partial charge in [0.1, 0.15) is 11.9 Å². The molecule has 0 aromatic heterocycles. The van der Waals surface area contributed by atoms with Gasteiger partial charge < -0.3 is 24.4 Å². The van der Waals surface area contributed by atoms with E-state index < -0.39 is 30.2 Å². The summed E-state index contributed by atoms with van der Waals surface area (Å²) >= 11 is 0. The van der Waals surface area contributed by atoms with Crippen molar-refractivity contribution in [3.63, 3.8) is 0 Å². The molecule has 2 heterocycles. The minimum absolute atomic E-state index is 0.0655. The first-order valence-electron chi connectivity index (χ1n) is 8.91. The van der Waals surface area contributed by atoms with Crippen molar-refractivity contribution in [2.75, 3.05) is 18.2 Å². The summed E-state index contributed by atoms with van der Waals surface area (Å²) in [5, 5.41) is 0. The fourth-order valence-electron chi connectivity index (χ4n) is 2.94. The van der Waals surface area contributed by atoms with Gasteiger partial charge in [0.05, 0.1) is 30.2 Å². The Morgan fingerprint density at radius 3 is 2.59 bits per heavy atom. The highest BCUT2D eigenvalue weighted by molar-refractivity contribution is 6.62. The zero-order chi connectivity index (χ0) is 19.8. The van der Waals surface area contributed by atoms with E-state index in [1.165, 1.54) is 18.4 Å². The van der Waals surface area contributed by atoms with E-state index >= 15 is 0 Å². The van der Waals surface area contributed by atoms with E-state index in [0.717, 1.165) is 0 Å². The first-order chi connectivity index (χ1) is 12.6. The van der Waals surface area contributed by atoms with Crippen molar-refractivity contribution < 1.29 is 27.9 Å². The largest absolute Gasteiger partial charge is 0.497 e. The lowest BCUT2D eigenvalue weighted by Gasteiger charge is -2.32. The van der Waals surface area contributed by atoms with Gasteiger partial charge in [-0.05, 0) is 46.1 Å². The van der Waals surface area contributed by atoms with Gasteiger partial charge in [0, 0.05) is 5.46 Å². The lowest BCUT2D eigenvalue weighted by Crippen LogP contribution is -2.41. The molecule has 0 spiro atoms. The number of anilines is 1. The van der Waals surface area contributed by atoms with Crippen molar-refractivity contribution in [3.8, 4) is 0 Å². The molecule has 2 aliphatic rings. The molecule has 10 heteroatoms. The molecule has 1 amide bonds. The second-order valence-electron chi connectivity index (χ2n) is 7.65. The van der Waals surface area contributed by atoms with Gasteiger partial charge in [-0.25, -0.2) is 9.18 Å². The molecule has 0 bridgehead atoms. The number of benzene rings is 1. The molecule has 2 aliphatic heterocycles. The van der Waals surface area contributed by atoms with Gasteiger partial charge in [-0.2, -0.15) is 0 Å². The molecule has 3 rings (SSSR count). The Bertz CT molecular complexity index is 703. The number of carbonyl (C=O) groups excluding carboxylic acids is 1. The van der Waals surface area contributed by atoms with Crippen LogP contribution in [0.25, 0.3) is 0 Å². The number of carbonyl (C=O) groups is 1. The van der Waals surface area contributed by atoms with Crippen LogP contribution < -0.4 is 16.1 Å². The van der Waals surface area contributed by atoms with Gasteiger partial charge in [0.2, 0.25) is 0 Å². The topological polar surface area (TPSA) is 83.3 Å². The average Bonchev–Trinajstić information content (AvgIpc) is 3.04. The third-order valence-corrected chi connectivity index (χ3v) is 5.25. The molecule has 1 aromatic carbocycles. The van der Waals surface area contributed by atoms with Crippen LogP contribution in [0, 0.1) is 5.82 Å². The van der Waals surface area contributed by atoms with E-state index in [4.69, 9.17) is 24.4 Å². The van der Waals surface area contributed by atoms with Gasteiger partial charge in [0.25, 0.3) is 7.48 Å². The minimum Gasteiger partial charge on any atom is -0.445 e. The number of rotatable bonds is 6. The summed E-state index contributed by atoms with van der Waals surface area (Å²) in [5.74, 6) is -0.500. The molecule has 7 nitrogen and oxygen atoms in total. The highest BCUT2D eigenvalue weighted by atomic mass is 19.1. The van der Waals surface area contributed by atoms with Gasteiger partial charge in [-0.3, -0.25) is 4.90 Å². The van der Waals surface area contributed by atoms with E-state index in [-0.39, 0.29) is 12.8 Å². The van der Waals surface area contributed by atoms with E-state index in [1.54, 1.807) is 12.1 Å². The number of cyclic esters (lactones) is 1. The lowest BCUT2D eigenvalue weighted by molar-refractivity contribution is 0.00578. The van der Waals surface area contributed by atoms with Crippen molar-refractivity contribution >= 4 is 31.8 Å². The minimum atomic E-state index is -0.801. The maximum Gasteiger partial charge on any atom is 0.497 e. The number of nitrogens with zero attached hydrogens (tertiary/aromatic N) is 1. The summed E-state index contributed by atoms with van der Waals surface area (Å²) in [7, 11) is 0.703. The molecule has 1 aromatic rings. The molecule has 2 N–H and O–H groups in total. The Hall–Kier alpha value is -1.61. The summed E-state index contributed by atoms with van der Waals surface area (Å²) in [5.41, 5.74) is 4.84. The van der Waals surface area contributed by atoms with Gasteiger partial charge in [0.15, 0.2) is 0 Å². The quantitative estimate of drug-likeness (QED) is 0.459. The van der Waals surface area contributed by atoms with Gasteiger partial charge in [-0.1, -0.05) is 6.07 Å². The third-order valence-electron chi connectivity index (χ3n) is 5.25. The Labute approximate surface area is 159 Å². The van der Waals surface area contributed by atoms with Crippen LogP contribution in [0.4, 0.5) is 14.9 Å². The van der Waals surface area contributed by atoms with Crippen molar-refractivity contribution in [1.29, 1.82) is 0 Å². The molecule has 0 saturated carbocycles.